The molecular formula is C17H19F2NO. The highest BCUT2D eigenvalue weighted by atomic mass is 19.2. The van der Waals surface area contributed by atoms with Crippen molar-refractivity contribution in [2.75, 3.05) is 6.61 Å². The Bertz CT molecular complexity index is 632. The lowest BCUT2D eigenvalue weighted by Crippen LogP contribution is -2.20. The zero-order valence-electron chi connectivity index (χ0n) is 12.4. The SMILES string of the molecule is Cc1cc(C)c(OCC(N)c2ccc(F)c(F)c2)c(C)c1. The Kier molecular flexibility index (Phi) is 4.58. The number of ether oxygens (including phenoxy) is 1. The third kappa shape index (κ3) is 3.58. The molecule has 2 rings (SSSR count). The van der Waals surface area contributed by atoms with Gasteiger partial charge < -0.3 is 10.5 Å². The van der Waals surface area contributed by atoms with Gasteiger partial charge in [0.05, 0.1) is 6.04 Å². The standard InChI is InChI=1S/C17H19F2NO/c1-10-6-11(2)17(12(3)7-10)21-9-16(20)13-4-5-14(18)15(19)8-13/h4-8,16H,9,20H2,1-3H3. The molecule has 2 aromatic carbocycles. The van der Waals surface area contributed by atoms with E-state index in [2.05, 4.69) is 0 Å². The summed E-state index contributed by atoms with van der Waals surface area (Å²) >= 11 is 0. The van der Waals surface area contributed by atoms with Crippen molar-refractivity contribution in [3.8, 4) is 5.75 Å². The van der Waals surface area contributed by atoms with E-state index in [-0.39, 0.29) is 6.61 Å². The van der Waals surface area contributed by atoms with Gasteiger partial charge in [-0.1, -0.05) is 23.8 Å². The summed E-state index contributed by atoms with van der Waals surface area (Å²) < 4.78 is 31.9. The zero-order valence-corrected chi connectivity index (χ0v) is 12.4. The van der Waals surface area contributed by atoms with Gasteiger partial charge in [0.15, 0.2) is 11.6 Å². The van der Waals surface area contributed by atoms with Crippen LogP contribution in [0.1, 0.15) is 28.3 Å². The zero-order chi connectivity index (χ0) is 15.6. The predicted octanol–water partition coefficient (Wildman–Crippen LogP) is 3.97. The fourth-order valence-corrected chi connectivity index (χ4v) is 2.41. The minimum absolute atomic E-state index is 0.204. The van der Waals surface area contributed by atoms with Crippen molar-refractivity contribution >= 4 is 0 Å². The van der Waals surface area contributed by atoms with Crippen LogP contribution in [0.25, 0.3) is 0 Å². The van der Waals surface area contributed by atoms with Crippen LogP contribution in [0.3, 0.4) is 0 Å². The topological polar surface area (TPSA) is 35.2 Å². The highest BCUT2D eigenvalue weighted by molar-refractivity contribution is 5.43. The molecule has 0 radical (unpaired) electrons. The van der Waals surface area contributed by atoms with Crippen molar-refractivity contribution in [3.05, 3.63) is 64.2 Å². The van der Waals surface area contributed by atoms with Crippen LogP contribution in [0.4, 0.5) is 8.78 Å². The molecule has 0 aromatic heterocycles. The Balaban J connectivity index is 2.11. The molecule has 4 heteroatoms. The minimum atomic E-state index is -0.898. The van der Waals surface area contributed by atoms with Crippen LogP contribution in [0.5, 0.6) is 5.75 Å². The number of hydrogen-bond acceptors (Lipinski definition) is 2. The van der Waals surface area contributed by atoms with E-state index in [1.54, 1.807) is 0 Å². The second-order valence-electron chi connectivity index (χ2n) is 5.32. The number of hydrogen-bond donors (Lipinski definition) is 1. The van der Waals surface area contributed by atoms with E-state index < -0.39 is 17.7 Å². The van der Waals surface area contributed by atoms with Crippen molar-refractivity contribution < 1.29 is 13.5 Å². The van der Waals surface area contributed by atoms with Crippen LogP contribution in [-0.4, -0.2) is 6.61 Å². The third-order valence-corrected chi connectivity index (χ3v) is 3.38. The molecule has 2 N–H and O–H groups in total. The summed E-state index contributed by atoms with van der Waals surface area (Å²) in [6.45, 7) is 6.17. The molecule has 0 saturated heterocycles. The molecule has 112 valence electrons. The normalized spacial score (nSPS) is 12.3. The lowest BCUT2D eigenvalue weighted by Gasteiger charge is -2.17. The van der Waals surface area contributed by atoms with Crippen molar-refractivity contribution in [2.24, 2.45) is 5.73 Å². The molecule has 0 saturated carbocycles. The summed E-state index contributed by atoms with van der Waals surface area (Å²) in [6, 6.07) is 7.21. The van der Waals surface area contributed by atoms with Gasteiger partial charge in [-0.05, 0) is 49.6 Å². The Morgan fingerprint density at radius 1 is 1.00 bits per heavy atom. The molecule has 0 bridgehead atoms. The van der Waals surface area contributed by atoms with Crippen molar-refractivity contribution in [3.63, 3.8) is 0 Å². The number of benzene rings is 2. The van der Waals surface area contributed by atoms with Crippen LogP contribution in [0.2, 0.25) is 0 Å². The second-order valence-corrected chi connectivity index (χ2v) is 5.32. The van der Waals surface area contributed by atoms with Crippen LogP contribution in [0, 0.1) is 32.4 Å². The monoisotopic (exact) mass is 291 g/mol. The van der Waals surface area contributed by atoms with Gasteiger partial charge >= 0.3 is 0 Å². The van der Waals surface area contributed by atoms with Crippen LogP contribution < -0.4 is 10.5 Å². The van der Waals surface area contributed by atoms with Gasteiger partial charge in [-0.2, -0.15) is 0 Å². The Labute approximate surface area is 123 Å². The Hall–Kier alpha value is -1.94. The van der Waals surface area contributed by atoms with Crippen molar-refractivity contribution in [2.45, 2.75) is 26.8 Å². The Morgan fingerprint density at radius 3 is 2.19 bits per heavy atom. The van der Waals surface area contributed by atoms with Crippen LogP contribution >= 0.6 is 0 Å². The smallest absolute Gasteiger partial charge is 0.159 e. The largest absolute Gasteiger partial charge is 0.491 e. The first-order chi connectivity index (χ1) is 9.88. The lowest BCUT2D eigenvalue weighted by molar-refractivity contribution is 0.286. The minimum Gasteiger partial charge on any atom is -0.491 e. The van der Waals surface area contributed by atoms with E-state index in [0.717, 1.165) is 29.0 Å². The number of nitrogens with two attached hydrogens (primary N) is 1. The summed E-state index contributed by atoms with van der Waals surface area (Å²) in [4.78, 5) is 0. The quantitative estimate of drug-likeness (QED) is 0.925. The first-order valence-corrected chi connectivity index (χ1v) is 6.79. The molecule has 0 aliphatic carbocycles. The number of rotatable bonds is 4. The molecule has 0 amide bonds. The average Bonchev–Trinajstić information content (AvgIpc) is 2.40. The van der Waals surface area contributed by atoms with Gasteiger partial charge in [0.25, 0.3) is 0 Å². The first-order valence-electron chi connectivity index (χ1n) is 6.79. The maximum Gasteiger partial charge on any atom is 0.159 e. The molecule has 21 heavy (non-hydrogen) atoms. The fourth-order valence-electron chi connectivity index (χ4n) is 2.41. The highest BCUT2D eigenvalue weighted by Crippen LogP contribution is 2.25. The van der Waals surface area contributed by atoms with Crippen LogP contribution in [0.15, 0.2) is 30.3 Å². The van der Waals surface area contributed by atoms with Gasteiger partial charge in [0.1, 0.15) is 12.4 Å². The third-order valence-electron chi connectivity index (χ3n) is 3.38. The molecule has 0 heterocycles. The molecular weight excluding hydrogens is 272 g/mol. The molecule has 0 aliphatic heterocycles. The second kappa shape index (κ2) is 6.22. The lowest BCUT2D eigenvalue weighted by atomic mass is 10.1. The number of aryl methyl sites for hydroxylation is 3. The van der Waals surface area contributed by atoms with E-state index >= 15 is 0 Å². The number of halogens is 2. The Morgan fingerprint density at radius 2 is 1.62 bits per heavy atom. The van der Waals surface area contributed by atoms with Crippen molar-refractivity contribution in [1.29, 1.82) is 0 Å². The molecule has 2 nitrogen and oxygen atoms in total. The van der Waals surface area contributed by atoms with Gasteiger partial charge in [-0.3, -0.25) is 0 Å². The maximum atomic E-state index is 13.2. The summed E-state index contributed by atoms with van der Waals surface area (Å²) in [5.74, 6) is -0.985. The van der Waals surface area contributed by atoms with Gasteiger partial charge in [-0.15, -0.1) is 0 Å². The summed E-state index contributed by atoms with van der Waals surface area (Å²) in [5, 5.41) is 0. The molecule has 0 fully saturated rings. The molecule has 2 aromatic rings. The van der Waals surface area contributed by atoms with E-state index in [9.17, 15) is 8.78 Å². The fraction of sp³-hybridized carbons (Fsp3) is 0.294. The van der Waals surface area contributed by atoms with Gasteiger partial charge in [-0.25, -0.2) is 8.78 Å². The van der Waals surface area contributed by atoms with Crippen LogP contribution in [-0.2, 0) is 0 Å². The molecule has 1 unspecified atom stereocenters. The highest BCUT2D eigenvalue weighted by Gasteiger charge is 2.12. The van der Waals surface area contributed by atoms with Crippen molar-refractivity contribution in [1.82, 2.24) is 0 Å². The van der Waals surface area contributed by atoms with E-state index in [0.29, 0.717) is 5.56 Å². The molecule has 0 aliphatic rings. The van der Waals surface area contributed by atoms with Gasteiger partial charge in [0.2, 0.25) is 0 Å². The predicted molar refractivity (Wildman–Crippen MR) is 79.4 cm³/mol. The summed E-state index contributed by atoms with van der Waals surface area (Å²) in [6.07, 6.45) is 0. The maximum absolute atomic E-state index is 13.2. The molecule has 0 spiro atoms. The van der Waals surface area contributed by atoms with Gasteiger partial charge in [0, 0.05) is 0 Å². The van der Waals surface area contributed by atoms with E-state index in [4.69, 9.17) is 10.5 Å². The summed E-state index contributed by atoms with van der Waals surface area (Å²) in [7, 11) is 0. The van der Waals surface area contributed by atoms with E-state index in [1.165, 1.54) is 11.6 Å². The molecule has 1 atom stereocenters. The summed E-state index contributed by atoms with van der Waals surface area (Å²) in [5.41, 5.74) is 9.72. The average molecular weight is 291 g/mol. The first kappa shape index (κ1) is 15.4. The van der Waals surface area contributed by atoms with E-state index in [1.807, 2.05) is 32.9 Å².